The number of hydrogen-bond donors (Lipinski definition) is 1. The fourth-order valence-corrected chi connectivity index (χ4v) is 2.82. The highest BCUT2D eigenvalue weighted by Crippen LogP contribution is 2.16. The number of rotatable bonds is 5. The van der Waals surface area contributed by atoms with Gasteiger partial charge in [-0.05, 0) is 52.5 Å². The fourth-order valence-electron chi connectivity index (χ4n) is 2.82. The number of aliphatic hydroxyl groups is 1. The van der Waals surface area contributed by atoms with Crippen LogP contribution >= 0.6 is 0 Å². The van der Waals surface area contributed by atoms with Crippen LogP contribution in [0.4, 0.5) is 0 Å². The quantitative estimate of drug-likeness (QED) is 0.847. The molecule has 1 aromatic heterocycles. The molecule has 0 saturated heterocycles. The van der Waals surface area contributed by atoms with Gasteiger partial charge >= 0.3 is 0 Å². The molecule has 23 heavy (non-hydrogen) atoms. The first-order valence-electron chi connectivity index (χ1n) is 8.25. The van der Waals surface area contributed by atoms with Gasteiger partial charge in [0.1, 0.15) is 0 Å². The zero-order chi connectivity index (χ0) is 17.0. The number of pyridine rings is 1. The molecule has 0 saturated carbocycles. The van der Waals surface area contributed by atoms with Crippen LogP contribution in [-0.4, -0.2) is 15.3 Å². The maximum Gasteiger partial charge on any atom is 0.189 e. The van der Waals surface area contributed by atoms with Crippen LogP contribution in [0.2, 0.25) is 0 Å². The molecule has 1 atom stereocenters. The third kappa shape index (κ3) is 4.55. The molecule has 0 radical (unpaired) electrons. The fraction of sp³-hybridized carbons (Fsp3) is 0.450. The Morgan fingerprint density at radius 2 is 2.04 bits per heavy atom. The molecule has 3 nitrogen and oxygen atoms in total. The smallest absolute Gasteiger partial charge is 0.189 e. The van der Waals surface area contributed by atoms with Crippen LogP contribution in [0, 0.1) is 0 Å². The van der Waals surface area contributed by atoms with E-state index in [0.29, 0.717) is 6.42 Å². The largest absolute Gasteiger partial charge is 0.386 e. The monoisotopic (exact) mass is 313 g/mol. The SMILES string of the molecule is CC(C)=CCCC(C)(O)/C=C/c1cc(=O)c2c(n1C)=CCCC=2. The van der Waals surface area contributed by atoms with Gasteiger partial charge in [-0.3, -0.25) is 4.79 Å². The molecule has 0 fully saturated rings. The summed E-state index contributed by atoms with van der Waals surface area (Å²) in [4.78, 5) is 12.2. The van der Waals surface area contributed by atoms with Gasteiger partial charge in [0.2, 0.25) is 0 Å². The third-order valence-corrected chi connectivity index (χ3v) is 4.24. The summed E-state index contributed by atoms with van der Waals surface area (Å²) in [5, 5.41) is 12.2. The Bertz CT molecular complexity index is 803. The predicted octanol–water partition coefficient (Wildman–Crippen LogP) is 2.25. The van der Waals surface area contributed by atoms with Crippen molar-refractivity contribution in [3.05, 3.63) is 50.3 Å². The molecule has 1 aliphatic carbocycles. The third-order valence-electron chi connectivity index (χ3n) is 4.24. The molecule has 0 spiro atoms. The first-order valence-corrected chi connectivity index (χ1v) is 8.25. The summed E-state index contributed by atoms with van der Waals surface area (Å²) >= 11 is 0. The van der Waals surface area contributed by atoms with Crippen molar-refractivity contribution in [3.8, 4) is 0 Å². The van der Waals surface area contributed by atoms with Crippen molar-refractivity contribution in [3.63, 3.8) is 0 Å². The van der Waals surface area contributed by atoms with Gasteiger partial charge in [0, 0.05) is 29.4 Å². The van der Waals surface area contributed by atoms with E-state index in [1.807, 2.05) is 23.8 Å². The molecule has 124 valence electrons. The first-order chi connectivity index (χ1) is 10.8. The molecule has 1 heterocycles. The second-order valence-corrected chi connectivity index (χ2v) is 6.79. The van der Waals surface area contributed by atoms with Gasteiger partial charge in [0.25, 0.3) is 0 Å². The summed E-state index contributed by atoms with van der Waals surface area (Å²) in [7, 11) is 1.96. The topological polar surface area (TPSA) is 42.2 Å². The lowest BCUT2D eigenvalue weighted by Gasteiger charge is -2.18. The van der Waals surface area contributed by atoms with Gasteiger partial charge in [0.15, 0.2) is 5.43 Å². The predicted molar refractivity (Wildman–Crippen MR) is 97.4 cm³/mol. The number of allylic oxidation sites excluding steroid dienone is 2. The standard InChI is InChI=1S/C20H27NO2/c1-15(2)8-7-12-20(3,23)13-11-16-14-19(22)17-9-5-6-10-18(17)21(16)4/h8-11,13-14,23H,5-7,12H2,1-4H3/b13-11+. The number of fused-ring (bicyclic) bond motifs is 1. The van der Waals surface area contributed by atoms with E-state index < -0.39 is 5.60 Å². The molecule has 0 bridgehead atoms. The summed E-state index contributed by atoms with van der Waals surface area (Å²) in [6.45, 7) is 5.92. The highest BCUT2D eigenvalue weighted by molar-refractivity contribution is 5.48. The van der Waals surface area contributed by atoms with E-state index in [1.165, 1.54) is 5.57 Å². The van der Waals surface area contributed by atoms with E-state index in [0.717, 1.165) is 35.5 Å². The van der Waals surface area contributed by atoms with Crippen LogP contribution in [0.15, 0.2) is 28.6 Å². The average Bonchev–Trinajstić information content (AvgIpc) is 2.49. The molecule has 3 heteroatoms. The van der Waals surface area contributed by atoms with E-state index >= 15 is 0 Å². The van der Waals surface area contributed by atoms with Crippen molar-refractivity contribution in [1.29, 1.82) is 0 Å². The van der Waals surface area contributed by atoms with Crippen LogP contribution in [0.1, 0.15) is 52.1 Å². The van der Waals surface area contributed by atoms with E-state index in [2.05, 4.69) is 26.0 Å². The summed E-state index contributed by atoms with van der Waals surface area (Å²) < 4.78 is 2.02. The summed E-state index contributed by atoms with van der Waals surface area (Å²) in [5.74, 6) is 0. The molecule has 0 aliphatic heterocycles. The van der Waals surface area contributed by atoms with E-state index in [1.54, 1.807) is 19.1 Å². The van der Waals surface area contributed by atoms with Crippen molar-refractivity contribution >= 4 is 18.2 Å². The molecular weight excluding hydrogens is 286 g/mol. The maximum atomic E-state index is 12.2. The van der Waals surface area contributed by atoms with Crippen molar-refractivity contribution in [2.24, 2.45) is 7.05 Å². The number of aromatic nitrogens is 1. The Balaban J connectivity index is 2.29. The first kappa shape index (κ1) is 17.5. The zero-order valence-corrected chi connectivity index (χ0v) is 14.6. The second-order valence-electron chi connectivity index (χ2n) is 6.79. The van der Waals surface area contributed by atoms with Crippen molar-refractivity contribution in [1.82, 2.24) is 4.57 Å². The Labute approximate surface area is 138 Å². The highest BCUT2D eigenvalue weighted by atomic mass is 16.3. The minimum Gasteiger partial charge on any atom is -0.386 e. The van der Waals surface area contributed by atoms with Crippen molar-refractivity contribution < 1.29 is 5.11 Å². The Morgan fingerprint density at radius 3 is 2.74 bits per heavy atom. The van der Waals surface area contributed by atoms with Gasteiger partial charge in [-0.1, -0.05) is 29.9 Å². The lowest BCUT2D eigenvalue weighted by molar-refractivity contribution is 0.104. The summed E-state index contributed by atoms with van der Waals surface area (Å²) in [6, 6.07) is 1.65. The molecule has 2 rings (SSSR count). The second kappa shape index (κ2) is 7.14. The van der Waals surface area contributed by atoms with Gasteiger partial charge < -0.3 is 9.67 Å². The minimum atomic E-state index is -0.881. The molecule has 0 aromatic carbocycles. The molecule has 1 N–H and O–H groups in total. The van der Waals surface area contributed by atoms with Crippen LogP contribution in [0.3, 0.4) is 0 Å². The molecule has 0 amide bonds. The van der Waals surface area contributed by atoms with Crippen LogP contribution in [0.25, 0.3) is 18.2 Å². The summed E-state index contributed by atoms with van der Waals surface area (Å²) in [5.41, 5.74) is 1.25. The Kier molecular flexibility index (Phi) is 5.42. The summed E-state index contributed by atoms with van der Waals surface area (Å²) in [6.07, 6.45) is 13.3. The van der Waals surface area contributed by atoms with Gasteiger partial charge in [-0.15, -0.1) is 0 Å². The number of nitrogens with zero attached hydrogens (tertiary/aromatic N) is 1. The van der Waals surface area contributed by atoms with E-state index in [-0.39, 0.29) is 5.43 Å². The molecule has 1 aliphatic rings. The lowest BCUT2D eigenvalue weighted by Crippen LogP contribution is -2.46. The normalized spacial score (nSPS) is 16.2. The van der Waals surface area contributed by atoms with Gasteiger partial charge in [-0.25, -0.2) is 0 Å². The van der Waals surface area contributed by atoms with Gasteiger partial charge in [-0.2, -0.15) is 0 Å². The Hall–Kier alpha value is -1.87. The number of hydrogen-bond acceptors (Lipinski definition) is 2. The van der Waals surface area contributed by atoms with Crippen molar-refractivity contribution in [2.75, 3.05) is 0 Å². The minimum absolute atomic E-state index is 0.0536. The molecule has 1 unspecified atom stereocenters. The molecule has 1 aromatic rings. The van der Waals surface area contributed by atoms with E-state index in [9.17, 15) is 9.90 Å². The Morgan fingerprint density at radius 1 is 1.35 bits per heavy atom. The average molecular weight is 313 g/mol. The molecular formula is C20H27NO2. The van der Waals surface area contributed by atoms with Crippen LogP contribution in [0.5, 0.6) is 0 Å². The maximum absolute atomic E-state index is 12.2. The van der Waals surface area contributed by atoms with Crippen molar-refractivity contribution in [2.45, 2.75) is 52.1 Å². The highest BCUT2D eigenvalue weighted by Gasteiger charge is 2.15. The van der Waals surface area contributed by atoms with E-state index in [4.69, 9.17) is 0 Å². The zero-order valence-electron chi connectivity index (χ0n) is 14.6. The van der Waals surface area contributed by atoms with Gasteiger partial charge in [0.05, 0.1) is 5.60 Å². The van der Waals surface area contributed by atoms with Crippen LogP contribution in [-0.2, 0) is 7.05 Å². The van der Waals surface area contributed by atoms with Crippen LogP contribution < -0.4 is 16.0 Å². The lowest BCUT2D eigenvalue weighted by atomic mass is 9.98.